The first kappa shape index (κ1) is 25.5. The molecule has 2 amide bonds. The van der Waals surface area contributed by atoms with Crippen molar-refractivity contribution in [2.24, 2.45) is 0 Å². The summed E-state index contributed by atoms with van der Waals surface area (Å²) >= 11 is 0. The minimum atomic E-state index is -1.16. The van der Waals surface area contributed by atoms with E-state index in [9.17, 15) is 9.59 Å². The standard InChI is InChI=1S/C29H30FN5O3/c30-24-13-5-4-12-23(24)28(29(37)31-19-22-11-8-18-38-22)34(17-16-21-9-2-1-3-10-21)27(36)20-35-26-15-7-6-14-25(26)32-33-35/h1-7,9-10,12-15,22,28H,8,11,16-20H2,(H,31,37)/t22-,28+/m1/s1. The minimum absolute atomic E-state index is 0.0878. The first-order chi connectivity index (χ1) is 18.6. The fraction of sp³-hybridized carbons (Fsp3) is 0.310. The van der Waals surface area contributed by atoms with Crippen LogP contribution in [0, 0.1) is 5.82 Å². The largest absolute Gasteiger partial charge is 0.376 e. The lowest BCUT2D eigenvalue weighted by Gasteiger charge is -2.32. The molecule has 1 N–H and O–H groups in total. The van der Waals surface area contributed by atoms with E-state index in [4.69, 9.17) is 4.74 Å². The third kappa shape index (κ3) is 5.89. The van der Waals surface area contributed by atoms with Crippen molar-refractivity contribution in [1.82, 2.24) is 25.2 Å². The summed E-state index contributed by atoms with van der Waals surface area (Å²) in [6.07, 6.45) is 2.19. The number of carbonyl (C=O) groups is 2. The highest BCUT2D eigenvalue weighted by Crippen LogP contribution is 2.26. The van der Waals surface area contributed by atoms with Gasteiger partial charge in [-0.05, 0) is 43.0 Å². The van der Waals surface area contributed by atoms with Crippen molar-refractivity contribution in [3.63, 3.8) is 0 Å². The number of carbonyl (C=O) groups excluding carboxylic acids is 2. The van der Waals surface area contributed by atoms with Gasteiger partial charge in [0.05, 0.1) is 11.6 Å². The Morgan fingerprint density at radius 2 is 1.82 bits per heavy atom. The topological polar surface area (TPSA) is 89.4 Å². The van der Waals surface area contributed by atoms with Crippen LogP contribution in [0.1, 0.15) is 30.0 Å². The van der Waals surface area contributed by atoms with Gasteiger partial charge in [0.2, 0.25) is 11.8 Å². The van der Waals surface area contributed by atoms with E-state index in [1.807, 2.05) is 54.6 Å². The molecule has 1 fully saturated rings. The molecule has 1 aliphatic heterocycles. The number of benzene rings is 3. The minimum Gasteiger partial charge on any atom is -0.376 e. The molecule has 1 aromatic heterocycles. The predicted octanol–water partition coefficient (Wildman–Crippen LogP) is 3.68. The van der Waals surface area contributed by atoms with Crippen LogP contribution in [0.25, 0.3) is 11.0 Å². The zero-order chi connectivity index (χ0) is 26.3. The summed E-state index contributed by atoms with van der Waals surface area (Å²) in [6.45, 7) is 1.03. The maximum atomic E-state index is 15.1. The lowest BCUT2D eigenvalue weighted by atomic mass is 10.0. The molecule has 0 aliphatic carbocycles. The van der Waals surface area contributed by atoms with Gasteiger partial charge in [-0.25, -0.2) is 9.07 Å². The number of hydrogen-bond donors (Lipinski definition) is 1. The summed E-state index contributed by atoms with van der Waals surface area (Å²) in [5.41, 5.74) is 2.51. The average Bonchev–Trinajstić information content (AvgIpc) is 3.61. The fourth-order valence-corrected chi connectivity index (χ4v) is 4.81. The number of halogens is 1. The highest BCUT2D eigenvalue weighted by molar-refractivity contribution is 5.89. The number of hydrogen-bond acceptors (Lipinski definition) is 5. The van der Waals surface area contributed by atoms with Gasteiger partial charge in [-0.15, -0.1) is 5.10 Å². The molecule has 4 aromatic rings. The van der Waals surface area contributed by atoms with E-state index in [0.29, 0.717) is 30.6 Å². The highest BCUT2D eigenvalue weighted by atomic mass is 19.1. The molecule has 0 spiro atoms. The van der Waals surface area contributed by atoms with Crippen molar-refractivity contribution in [3.8, 4) is 0 Å². The fourth-order valence-electron chi connectivity index (χ4n) is 4.81. The number of aromatic nitrogens is 3. The summed E-state index contributed by atoms with van der Waals surface area (Å²) in [5.74, 6) is -1.36. The third-order valence-electron chi connectivity index (χ3n) is 6.80. The number of nitrogens with one attached hydrogen (secondary N) is 1. The van der Waals surface area contributed by atoms with Gasteiger partial charge in [0.15, 0.2) is 0 Å². The quantitative estimate of drug-likeness (QED) is 0.348. The second-order valence-corrected chi connectivity index (χ2v) is 9.36. The van der Waals surface area contributed by atoms with Crippen LogP contribution in [-0.4, -0.2) is 57.5 Å². The Bertz CT molecular complexity index is 1390. The molecule has 196 valence electrons. The smallest absolute Gasteiger partial charge is 0.247 e. The zero-order valence-corrected chi connectivity index (χ0v) is 21.0. The number of ether oxygens (including phenoxy) is 1. The van der Waals surface area contributed by atoms with Gasteiger partial charge in [-0.2, -0.15) is 0 Å². The first-order valence-corrected chi connectivity index (χ1v) is 12.9. The van der Waals surface area contributed by atoms with E-state index >= 15 is 4.39 Å². The number of para-hydroxylation sites is 1. The van der Waals surface area contributed by atoms with E-state index in [-0.39, 0.29) is 30.7 Å². The van der Waals surface area contributed by atoms with Gasteiger partial charge in [0.1, 0.15) is 23.9 Å². The molecule has 5 rings (SSSR count). The van der Waals surface area contributed by atoms with E-state index in [2.05, 4.69) is 15.6 Å². The Morgan fingerprint density at radius 3 is 2.61 bits per heavy atom. The molecule has 3 aromatic carbocycles. The second kappa shape index (κ2) is 12.0. The Hall–Kier alpha value is -4.11. The van der Waals surface area contributed by atoms with Crippen molar-refractivity contribution < 1.29 is 18.7 Å². The Kier molecular flexibility index (Phi) is 8.04. The van der Waals surface area contributed by atoms with E-state index in [0.717, 1.165) is 18.4 Å². The molecular formula is C29H30FN5O3. The normalized spacial score (nSPS) is 15.9. The third-order valence-corrected chi connectivity index (χ3v) is 6.80. The molecule has 2 atom stereocenters. The predicted molar refractivity (Wildman–Crippen MR) is 141 cm³/mol. The van der Waals surface area contributed by atoms with Crippen LogP contribution in [-0.2, 0) is 27.3 Å². The van der Waals surface area contributed by atoms with Crippen molar-refractivity contribution in [3.05, 3.63) is 95.8 Å². The van der Waals surface area contributed by atoms with Gasteiger partial charge in [-0.3, -0.25) is 9.59 Å². The van der Waals surface area contributed by atoms with Crippen molar-refractivity contribution in [2.45, 2.75) is 38.0 Å². The molecule has 0 bridgehead atoms. The average molecular weight is 516 g/mol. The maximum Gasteiger partial charge on any atom is 0.247 e. The summed E-state index contributed by atoms with van der Waals surface area (Å²) in [7, 11) is 0. The Balaban J connectivity index is 1.47. The van der Waals surface area contributed by atoms with Crippen LogP contribution in [0.4, 0.5) is 4.39 Å². The van der Waals surface area contributed by atoms with Crippen molar-refractivity contribution >= 4 is 22.8 Å². The van der Waals surface area contributed by atoms with Crippen LogP contribution in [0.2, 0.25) is 0 Å². The zero-order valence-electron chi connectivity index (χ0n) is 21.0. The summed E-state index contributed by atoms with van der Waals surface area (Å²) in [6, 6.07) is 22.0. The van der Waals surface area contributed by atoms with E-state index in [1.165, 1.54) is 15.6 Å². The van der Waals surface area contributed by atoms with Crippen LogP contribution in [0.5, 0.6) is 0 Å². The second-order valence-electron chi connectivity index (χ2n) is 9.36. The SMILES string of the molecule is O=C(NC[C@H]1CCCO1)[C@H](c1ccccc1F)N(CCc1ccccc1)C(=O)Cn1nnc2ccccc21. The molecule has 2 heterocycles. The lowest BCUT2D eigenvalue weighted by molar-refractivity contribution is -0.141. The van der Waals surface area contributed by atoms with Crippen molar-refractivity contribution in [1.29, 1.82) is 0 Å². The summed E-state index contributed by atoms with van der Waals surface area (Å²) in [5, 5.41) is 11.2. The molecule has 1 aliphatic rings. The van der Waals surface area contributed by atoms with Gasteiger partial charge < -0.3 is 15.0 Å². The lowest BCUT2D eigenvalue weighted by Crippen LogP contribution is -2.47. The first-order valence-electron chi connectivity index (χ1n) is 12.9. The molecular weight excluding hydrogens is 485 g/mol. The number of nitrogens with zero attached hydrogens (tertiary/aromatic N) is 4. The molecule has 0 unspecified atom stereocenters. The van der Waals surface area contributed by atoms with E-state index < -0.39 is 17.8 Å². The van der Waals surface area contributed by atoms with Crippen LogP contribution < -0.4 is 5.32 Å². The van der Waals surface area contributed by atoms with Crippen LogP contribution in [0.3, 0.4) is 0 Å². The maximum absolute atomic E-state index is 15.1. The van der Waals surface area contributed by atoms with Crippen LogP contribution >= 0.6 is 0 Å². The van der Waals surface area contributed by atoms with Crippen LogP contribution in [0.15, 0.2) is 78.9 Å². The molecule has 9 heteroatoms. The van der Waals surface area contributed by atoms with Crippen molar-refractivity contribution in [2.75, 3.05) is 19.7 Å². The number of rotatable bonds is 10. The molecule has 0 saturated carbocycles. The molecule has 1 saturated heterocycles. The summed E-state index contributed by atoms with van der Waals surface area (Å²) in [4.78, 5) is 29.0. The van der Waals surface area contributed by atoms with Gasteiger partial charge >= 0.3 is 0 Å². The molecule has 8 nitrogen and oxygen atoms in total. The number of amides is 2. The van der Waals surface area contributed by atoms with Gasteiger partial charge in [0, 0.05) is 25.3 Å². The Morgan fingerprint density at radius 1 is 1.05 bits per heavy atom. The summed E-state index contributed by atoms with van der Waals surface area (Å²) < 4.78 is 22.3. The van der Waals surface area contributed by atoms with E-state index in [1.54, 1.807) is 18.2 Å². The van der Waals surface area contributed by atoms with Gasteiger partial charge in [-0.1, -0.05) is 65.9 Å². The highest BCUT2D eigenvalue weighted by Gasteiger charge is 2.34. The molecule has 0 radical (unpaired) electrons. The molecule has 38 heavy (non-hydrogen) atoms. The number of fused-ring (bicyclic) bond motifs is 1. The Labute approximate surface area is 220 Å². The monoisotopic (exact) mass is 515 g/mol. The van der Waals surface area contributed by atoms with Gasteiger partial charge in [0.25, 0.3) is 0 Å².